The lowest BCUT2D eigenvalue weighted by Gasteiger charge is -2.27. The highest BCUT2D eigenvalue weighted by Crippen LogP contribution is 2.64. The molecule has 0 bridgehead atoms. The van der Waals surface area contributed by atoms with Gasteiger partial charge in [-0.2, -0.15) is 8.78 Å². The Labute approximate surface area is 114 Å². The van der Waals surface area contributed by atoms with Gasteiger partial charge < -0.3 is 9.05 Å². The molecule has 114 valence electrons. The maximum absolute atomic E-state index is 14.1. The van der Waals surface area contributed by atoms with Crippen LogP contribution in [0.25, 0.3) is 0 Å². The van der Waals surface area contributed by atoms with Crippen molar-refractivity contribution in [1.29, 1.82) is 0 Å². The number of alkyl halides is 2. The summed E-state index contributed by atoms with van der Waals surface area (Å²) in [5, 5.41) is 0. The van der Waals surface area contributed by atoms with E-state index in [4.69, 9.17) is 9.05 Å². The molecule has 0 unspecified atom stereocenters. The van der Waals surface area contributed by atoms with Crippen molar-refractivity contribution < 1.29 is 22.4 Å². The van der Waals surface area contributed by atoms with Gasteiger partial charge in [-0.3, -0.25) is 4.57 Å². The largest absolute Gasteiger partial charge is 0.404 e. The number of hydrogen-bond donors (Lipinski definition) is 0. The van der Waals surface area contributed by atoms with Crippen LogP contribution in [0.3, 0.4) is 0 Å². The molecule has 0 saturated heterocycles. The first-order chi connectivity index (χ1) is 8.85. The second kappa shape index (κ2) is 8.83. The fourth-order valence-corrected chi connectivity index (χ4v) is 3.23. The molecular weight excluding hydrogens is 273 g/mol. The maximum atomic E-state index is 14.1. The Kier molecular flexibility index (Phi) is 8.71. The number of unbranched alkanes of at least 4 members (excludes halogenated alkanes) is 3. The van der Waals surface area contributed by atoms with Crippen molar-refractivity contribution in [3.8, 4) is 0 Å². The van der Waals surface area contributed by atoms with Crippen LogP contribution in [0.15, 0.2) is 12.2 Å². The Bertz CT molecular complexity index is 309. The van der Waals surface area contributed by atoms with Gasteiger partial charge in [-0.15, -0.1) is 0 Å². The third-order valence-corrected chi connectivity index (χ3v) is 4.90. The summed E-state index contributed by atoms with van der Waals surface area (Å²) in [5.74, 6) is 0. The van der Waals surface area contributed by atoms with Crippen molar-refractivity contribution in [2.24, 2.45) is 0 Å². The molecule has 0 heterocycles. The average Bonchev–Trinajstić information content (AvgIpc) is 2.34. The smallest absolute Gasteiger partial charge is 0.304 e. The normalized spacial score (nSPS) is 12.7. The summed E-state index contributed by atoms with van der Waals surface area (Å²) in [5.41, 5.74) is -3.99. The first-order valence-electron chi connectivity index (χ1n) is 6.81. The second-order valence-corrected chi connectivity index (χ2v) is 6.36. The van der Waals surface area contributed by atoms with E-state index in [9.17, 15) is 13.3 Å². The van der Waals surface area contributed by atoms with Crippen LogP contribution in [0.5, 0.6) is 0 Å². The molecule has 6 heteroatoms. The second-order valence-electron chi connectivity index (χ2n) is 4.29. The van der Waals surface area contributed by atoms with Crippen LogP contribution < -0.4 is 0 Å². The number of rotatable bonds is 11. The van der Waals surface area contributed by atoms with Gasteiger partial charge in [0.2, 0.25) is 0 Å². The number of allylic oxidation sites excluding steroid dienone is 1. The molecule has 0 aliphatic rings. The van der Waals surface area contributed by atoms with E-state index in [0.29, 0.717) is 6.42 Å². The van der Waals surface area contributed by atoms with Crippen molar-refractivity contribution >= 4 is 7.60 Å². The summed E-state index contributed by atoms with van der Waals surface area (Å²) in [6.45, 7) is 8.25. The molecule has 0 saturated carbocycles. The van der Waals surface area contributed by atoms with Crippen LogP contribution in [-0.2, 0) is 13.6 Å². The highest BCUT2D eigenvalue weighted by molar-refractivity contribution is 7.55. The van der Waals surface area contributed by atoms with Crippen molar-refractivity contribution in [1.82, 2.24) is 0 Å². The van der Waals surface area contributed by atoms with E-state index in [2.05, 4.69) is 6.58 Å². The lowest BCUT2D eigenvalue weighted by molar-refractivity contribution is 0.0670. The van der Waals surface area contributed by atoms with Gasteiger partial charge in [0.15, 0.2) is 0 Å². The quantitative estimate of drug-likeness (QED) is 0.292. The lowest BCUT2D eigenvalue weighted by atomic mass is 10.1. The molecular formula is C13H25F2O3P. The third-order valence-electron chi connectivity index (χ3n) is 2.70. The Balaban J connectivity index is 4.69. The summed E-state index contributed by atoms with van der Waals surface area (Å²) in [4.78, 5) is 0. The summed E-state index contributed by atoms with van der Waals surface area (Å²) in [6, 6.07) is 0. The molecule has 0 aliphatic heterocycles. The fraction of sp³-hybridized carbons (Fsp3) is 0.846. The number of halogens is 2. The van der Waals surface area contributed by atoms with Gasteiger partial charge >= 0.3 is 13.3 Å². The molecule has 0 rings (SSSR count). The minimum Gasteiger partial charge on any atom is -0.304 e. The van der Waals surface area contributed by atoms with Gasteiger partial charge in [0.25, 0.3) is 0 Å². The highest BCUT2D eigenvalue weighted by atomic mass is 31.2. The van der Waals surface area contributed by atoms with Gasteiger partial charge in [-0.1, -0.05) is 32.8 Å². The fourth-order valence-electron chi connectivity index (χ4n) is 1.65. The molecule has 0 aliphatic carbocycles. The molecule has 0 aromatic rings. The molecule has 0 spiro atoms. The standard InChI is InChI=1S/C13H25F2O3P/c1-5-8-9-10-11-12(4)13(14,15)19(16,17-6-2)18-7-3/h4-11H2,1-3H3. The maximum Gasteiger partial charge on any atom is 0.404 e. The molecule has 0 aromatic heterocycles. The zero-order valence-corrected chi connectivity index (χ0v) is 13.0. The molecule has 19 heavy (non-hydrogen) atoms. The van der Waals surface area contributed by atoms with E-state index in [1.54, 1.807) is 0 Å². The predicted octanol–water partition coefficient (Wildman–Crippen LogP) is 5.37. The average molecular weight is 298 g/mol. The monoisotopic (exact) mass is 298 g/mol. The van der Waals surface area contributed by atoms with Crippen LogP contribution in [0.1, 0.15) is 52.9 Å². The zero-order chi connectivity index (χ0) is 14.9. The molecule has 0 atom stereocenters. The molecule has 0 fully saturated rings. The van der Waals surface area contributed by atoms with Crippen molar-refractivity contribution in [2.75, 3.05) is 13.2 Å². The molecule has 0 aromatic carbocycles. The van der Waals surface area contributed by atoms with Crippen LogP contribution in [-0.4, -0.2) is 18.9 Å². The van der Waals surface area contributed by atoms with Gasteiger partial charge in [-0.25, -0.2) is 0 Å². The Hall–Kier alpha value is -0.250. The van der Waals surface area contributed by atoms with Crippen molar-refractivity contribution in [2.45, 2.75) is 58.5 Å². The lowest BCUT2D eigenvalue weighted by Crippen LogP contribution is -2.22. The van der Waals surface area contributed by atoms with Crippen LogP contribution >= 0.6 is 7.60 Å². The summed E-state index contributed by atoms with van der Waals surface area (Å²) in [7, 11) is -4.47. The summed E-state index contributed by atoms with van der Waals surface area (Å²) in [6.07, 6.45) is 3.63. The molecule has 0 amide bonds. The Morgan fingerprint density at radius 1 is 1.11 bits per heavy atom. The van der Waals surface area contributed by atoms with E-state index >= 15 is 0 Å². The predicted molar refractivity (Wildman–Crippen MR) is 73.7 cm³/mol. The topological polar surface area (TPSA) is 35.5 Å². The van der Waals surface area contributed by atoms with Gasteiger partial charge in [0.05, 0.1) is 13.2 Å². The summed E-state index contributed by atoms with van der Waals surface area (Å²) >= 11 is 0. The van der Waals surface area contributed by atoms with E-state index in [0.717, 1.165) is 19.3 Å². The Morgan fingerprint density at radius 3 is 2.05 bits per heavy atom. The summed E-state index contributed by atoms with van der Waals surface area (Å²) < 4.78 is 49.8. The van der Waals surface area contributed by atoms with Gasteiger partial charge in [0, 0.05) is 5.57 Å². The molecule has 0 N–H and O–H groups in total. The SMILES string of the molecule is C=C(CCCCCC)C(F)(F)P(=O)(OCC)OCC. The van der Waals surface area contributed by atoms with Crippen molar-refractivity contribution in [3.63, 3.8) is 0 Å². The first kappa shape index (κ1) is 18.8. The van der Waals surface area contributed by atoms with Crippen molar-refractivity contribution in [3.05, 3.63) is 12.2 Å². The van der Waals surface area contributed by atoms with E-state index in [1.807, 2.05) is 6.92 Å². The van der Waals surface area contributed by atoms with Crippen LogP contribution in [0.4, 0.5) is 8.78 Å². The first-order valence-corrected chi connectivity index (χ1v) is 8.35. The number of hydrogen-bond acceptors (Lipinski definition) is 3. The van der Waals surface area contributed by atoms with Gasteiger partial charge in [0.1, 0.15) is 0 Å². The minimum atomic E-state index is -4.47. The van der Waals surface area contributed by atoms with Gasteiger partial charge in [-0.05, 0) is 26.7 Å². The Morgan fingerprint density at radius 2 is 1.63 bits per heavy atom. The molecule has 3 nitrogen and oxygen atoms in total. The third kappa shape index (κ3) is 5.33. The van der Waals surface area contributed by atoms with E-state index in [-0.39, 0.29) is 25.2 Å². The molecule has 0 radical (unpaired) electrons. The zero-order valence-electron chi connectivity index (χ0n) is 12.1. The van der Waals surface area contributed by atoms with Crippen LogP contribution in [0.2, 0.25) is 0 Å². The van der Waals surface area contributed by atoms with E-state index in [1.165, 1.54) is 13.8 Å². The van der Waals surface area contributed by atoms with E-state index < -0.39 is 13.3 Å². The highest BCUT2D eigenvalue weighted by Gasteiger charge is 2.54. The van der Waals surface area contributed by atoms with Crippen LogP contribution in [0, 0.1) is 0 Å². The minimum absolute atomic E-state index is 0.0873.